The van der Waals surface area contributed by atoms with E-state index in [0.29, 0.717) is 5.82 Å². The van der Waals surface area contributed by atoms with Gasteiger partial charge in [0.2, 0.25) is 5.91 Å². The number of thiazole rings is 1. The second-order valence-corrected chi connectivity index (χ2v) is 8.73. The second-order valence-electron chi connectivity index (χ2n) is 6.92. The summed E-state index contributed by atoms with van der Waals surface area (Å²) in [4.78, 5) is 30.2. The molecule has 5 rings (SSSR count). The Morgan fingerprint density at radius 1 is 1.00 bits per heavy atom. The van der Waals surface area contributed by atoms with Gasteiger partial charge in [0.15, 0.2) is 11.6 Å². The van der Waals surface area contributed by atoms with E-state index in [0.717, 1.165) is 58.4 Å². The molecule has 1 aliphatic heterocycles. The molecule has 0 radical (unpaired) electrons. The fourth-order valence-corrected chi connectivity index (χ4v) is 5.10. The zero-order valence-electron chi connectivity index (χ0n) is 15.7. The maximum atomic E-state index is 12.8. The standard InChI is InChI=1S/C21H19N5OS2/c27-18(12-14-13-29-21(22-14)17-8-5-11-28-17)25-19-20(26-9-3-4-10-26)24-16-7-2-1-6-15(16)23-19/h1-2,5-8,11,13H,3-4,9-10,12H2,(H,23,25,27). The summed E-state index contributed by atoms with van der Waals surface area (Å²) in [6.07, 6.45) is 2.48. The van der Waals surface area contributed by atoms with Gasteiger partial charge >= 0.3 is 0 Å². The average molecular weight is 422 g/mol. The Bertz CT molecular complexity index is 1150. The third-order valence-electron chi connectivity index (χ3n) is 4.84. The first-order chi connectivity index (χ1) is 14.3. The molecule has 1 fully saturated rings. The van der Waals surface area contributed by atoms with E-state index in [9.17, 15) is 4.79 Å². The third kappa shape index (κ3) is 3.86. The number of carbonyl (C=O) groups excluding carboxylic acids is 1. The van der Waals surface area contributed by atoms with Crippen LogP contribution >= 0.6 is 22.7 Å². The molecular weight excluding hydrogens is 402 g/mol. The van der Waals surface area contributed by atoms with Crippen LogP contribution in [-0.4, -0.2) is 33.9 Å². The summed E-state index contributed by atoms with van der Waals surface area (Å²) >= 11 is 3.22. The number of benzene rings is 1. The van der Waals surface area contributed by atoms with Gasteiger partial charge in [-0.1, -0.05) is 18.2 Å². The van der Waals surface area contributed by atoms with E-state index >= 15 is 0 Å². The van der Waals surface area contributed by atoms with Gasteiger partial charge in [-0.2, -0.15) is 0 Å². The lowest BCUT2D eigenvalue weighted by Crippen LogP contribution is -2.24. The molecule has 1 aliphatic rings. The number of hydrogen-bond donors (Lipinski definition) is 1. The van der Waals surface area contributed by atoms with Crippen molar-refractivity contribution in [1.82, 2.24) is 15.0 Å². The lowest BCUT2D eigenvalue weighted by atomic mass is 10.3. The highest BCUT2D eigenvalue weighted by Gasteiger charge is 2.21. The van der Waals surface area contributed by atoms with Crippen LogP contribution in [0.2, 0.25) is 0 Å². The van der Waals surface area contributed by atoms with Gasteiger partial charge in [-0.3, -0.25) is 4.79 Å². The number of thiophene rings is 1. The van der Waals surface area contributed by atoms with Crippen molar-refractivity contribution < 1.29 is 4.79 Å². The number of amides is 1. The Morgan fingerprint density at radius 3 is 2.55 bits per heavy atom. The molecular formula is C21H19N5OS2. The maximum absolute atomic E-state index is 12.8. The van der Waals surface area contributed by atoms with Crippen LogP contribution in [0.25, 0.3) is 20.9 Å². The summed E-state index contributed by atoms with van der Waals surface area (Å²) < 4.78 is 0. The van der Waals surface area contributed by atoms with Gasteiger partial charge in [-0.15, -0.1) is 22.7 Å². The minimum Gasteiger partial charge on any atom is -0.354 e. The number of aromatic nitrogens is 3. The Hall–Kier alpha value is -2.84. The molecule has 8 heteroatoms. The van der Waals surface area contributed by atoms with E-state index in [1.54, 1.807) is 22.7 Å². The summed E-state index contributed by atoms with van der Waals surface area (Å²) in [5.41, 5.74) is 2.39. The number of anilines is 2. The largest absolute Gasteiger partial charge is 0.354 e. The molecule has 4 aromatic rings. The van der Waals surface area contributed by atoms with E-state index < -0.39 is 0 Å². The summed E-state index contributed by atoms with van der Waals surface area (Å²) in [5.74, 6) is 1.16. The molecule has 0 saturated carbocycles. The van der Waals surface area contributed by atoms with E-state index in [4.69, 9.17) is 9.97 Å². The fraction of sp³-hybridized carbons (Fsp3) is 0.238. The highest BCUT2D eigenvalue weighted by Crippen LogP contribution is 2.29. The van der Waals surface area contributed by atoms with Crippen molar-refractivity contribution in [2.24, 2.45) is 0 Å². The quantitative estimate of drug-likeness (QED) is 0.510. The molecule has 0 aliphatic carbocycles. The van der Waals surface area contributed by atoms with Crippen LogP contribution in [0.4, 0.5) is 11.6 Å². The molecule has 0 bridgehead atoms. The van der Waals surface area contributed by atoms with Crippen molar-refractivity contribution in [3.05, 3.63) is 52.9 Å². The second kappa shape index (κ2) is 7.88. The van der Waals surface area contributed by atoms with Crippen LogP contribution in [0.1, 0.15) is 18.5 Å². The monoisotopic (exact) mass is 421 g/mol. The molecule has 1 amide bonds. The number of nitrogens with one attached hydrogen (secondary N) is 1. The number of fused-ring (bicyclic) bond motifs is 1. The van der Waals surface area contributed by atoms with Crippen molar-refractivity contribution in [1.29, 1.82) is 0 Å². The number of para-hydroxylation sites is 2. The Morgan fingerprint density at radius 2 is 1.79 bits per heavy atom. The molecule has 3 aromatic heterocycles. The Labute approximate surface area is 176 Å². The Balaban J connectivity index is 1.39. The number of carbonyl (C=O) groups is 1. The predicted octanol–water partition coefficient (Wildman–Crippen LogP) is 4.60. The molecule has 1 N–H and O–H groups in total. The molecule has 29 heavy (non-hydrogen) atoms. The molecule has 4 heterocycles. The molecule has 146 valence electrons. The molecule has 6 nitrogen and oxygen atoms in total. The van der Waals surface area contributed by atoms with Crippen LogP contribution < -0.4 is 10.2 Å². The highest BCUT2D eigenvalue weighted by atomic mass is 32.1. The van der Waals surface area contributed by atoms with Crippen LogP contribution in [-0.2, 0) is 11.2 Å². The fourth-order valence-electron chi connectivity index (χ4n) is 3.47. The predicted molar refractivity (Wildman–Crippen MR) is 119 cm³/mol. The summed E-state index contributed by atoms with van der Waals surface area (Å²) in [6.45, 7) is 1.87. The van der Waals surface area contributed by atoms with Crippen LogP contribution in [0.15, 0.2) is 47.2 Å². The zero-order valence-corrected chi connectivity index (χ0v) is 17.3. The highest BCUT2D eigenvalue weighted by molar-refractivity contribution is 7.20. The molecule has 1 saturated heterocycles. The van der Waals surface area contributed by atoms with Crippen molar-refractivity contribution in [3.63, 3.8) is 0 Å². The van der Waals surface area contributed by atoms with Crippen LogP contribution in [0, 0.1) is 0 Å². The van der Waals surface area contributed by atoms with Crippen molar-refractivity contribution in [3.8, 4) is 9.88 Å². The smallest absolute Gasteiger partial charge is 0.231 e. The van der Waals surface area contributed by atoms with Gasteiger partial charge in [-0.25, -0.2) is 15.0 Å². The number of rotatable bonds is 5. The maximum Gasteiger partial charge on any atom is 0.231 e. The van der Waals surface area contributed by atoms with Crippen LogP contribution in [0.3, 0.4) is 0 Å². The average Bonchev–Trinajstić information content (AvgIpc) is 3.49. The first kappa shape index (κ1) is 18.2. The molecule has 0 unspecified atom stereocenters. The number of nitrogens with zero attached hydrogens (tertiary/aromatic N) is 4. The summed E-state index contributed by atoms with van der Waals surface area (Å²) in [5, 5.41) is 7.91. The topological polar surface area (TPSA) is 71.0 Å². The van der Waals surface area contributed by atoms with E-state index in [-0.39, 0.29) is 12.3 Å². The van der Waals surface area contributed by atoms with Crippen molar-refractivity contribution in [2.75, 3.05) is 23.3 Å². The van der Waals surface area contributed by atoms with Gasteiger partial charge in [0.1, 0.15) is 5.01 Å². The molecule has 0 spiro atoms. The minimum atomic E-state index is -0.127. The van der Waals surface area contributed by atoms with Gasteiger partial charge in [-0.05, 0) is 36.4 Å². The first-order valence-corrected chi connectivity index (χ1v) is 11.3. The SMILES string of the molecule is O=C(Cc1csc(-c2cccs2)n1)Nc1nc2ccccc2nc1N1CCCC1. The Kier molecular flexibility index (Phi) is 4.95. The lowest BCUT2D eigenvalue weighted by Gasteiger charge is -2.20. The number of hydrogen-bond acceptors (Lipinski definition) is 7. The summed E-state index contributed by atoms with van der Waals surface area (Å²) in [6, 6.07) is 11.8. The summed E-state index contributed by atoms with van der Waals surface area (Å²) in [7, 11) is 0. The zero-order chi connectivity index (χ0) is 19.6. The van der Waals surface area contributed by atoms with Crippen LogP contribution in [0.5, 0.6) is 0 Å². The van der Waals surface area contributed by atoms with Gasteiger partial charge < -0.3 is 10.2 Å². The van der Waals surface area contributed by atoms with Gasteiger partial charge in [0.25, 0.3) is 0 Å². The third-order valence-corrected chi connectivity index (χ3v) is 6.77. The first-order valence-electron chi connectivity index (χ1n) is 9.56. The van der Waals surface area contributed by atoms with Crippen molar-refractivity contribution >= 4 is 51.2 Å². The molecule has 1 aromatic carbocycles. The minimum absolute atomic E-state index is 0.127. The van der Waals surface area contributed by atoms with E-state index in [1.165, 1.54) is 0 Å². The van der Waals surface area contributed by atoms with Crippen molar-refractivity contribution in [2.45, 2.75) is 19.3 Å². The van der Waals surface area contributed by atoms with Gasteiger partial charge in [0.05, 0.1) is 28.0 Å². The van der Waals surface area contributed by atoms with E-state index in [2.05, 4.69) is 15.2 Å². The van der Waals surface area contributed by atoms with E-state index in [1.807, 2.05) is 47.2 Å². The van der Waals surface area contributed by atoms with Gasteiger partial charge in [0, 0.05) is 18.5 Å². The normalized spacial score (nSPS) is 13.9. The molecule has 0 atom stereocenters. The lowest BCUT2D eigenvalue weighted by molar-refractivity contribution is -0.115.